The van der Waals surface area contributed by atoms with Crippen molar-refractivity contribution in [2.24, 2.45) is 5.92 Å². The average Bonchev–Trinajstić information content (AvgIpc) is 3.43. The Morgan fingerprint density at radius 3 is 3.00 bits per heavy atom. The Labute approximate surface area is 173 Å². The number of aromatic nitrogens is 4. The summed E-state index contributed by atoms with van der Waals surface area (Å²) in [6.45, 7) is 8.72. The van der Waals surface area contributed by atoms with E-state index in [1.165, 1.54) is 11.0 Å². The highest BCUT2D eigenvalue weighted by atomic mass is 19.1. The maximum absolute atomic E-state index is 14.6. The number of alkyl halides is 1. The van der Waals surface area contributed by atoms with Crippen LogP contribution in [0.4, 0.5) is 16.0 Å². The molecule has 0 aromatic carbocycles. The van der Waals surface area contributed by atoms with E-state index < -0.39 is 12.3 Å². The van der Waals surface area contributed by atoms with E-state index in [0.29, 0.717) is 23.4 Å². The van der Waals surface area contributed by atoms with Crippen LogP contribution in [0.1, 0.15) is 13.8 Å². The minimum atomic E-state index is -1.30. The SMILES string of the molecule is C=CC(=O)N1C[C@H](F)[C@H](Oc2nc(Nc3ccn[nH]3)cc3c2ccn3CC(C)C)C1. The lowest BCUT2D eigenvalue weighted by atomic mass is 10.2. The maximum Gasteiger partial charge on any atom is 0.246 e. The number of rotatable bonds is 7. The van der Waals surface area contributed by atoms with E-state index in [0.717, 1.165) is 17.4 Å². The fourth-order valence-electron chi connectivity index (χ4n) is 3.63. The molecule has 4 heterocycles. The van der Waals surface area contributed by atoms with E-state index in [1.807, 2.05) is 18.3 Å². The number of carbonyl (C=O) groups is 1. The fourth-order valence-corrected chi connectivity index (χ4v) is 3.63. The standard InChI is InChI=1S/C21H25FN6O2/c1-4-20(29)28-11-15(22)17(12-28)30-21-14-6-8-27(10-13(2)3)16(14)9-19(25-21)24-18-5-7-23-26-18/h4-9,13,15,17H,1,10-12H2,2-3H3,(H2,23,24,25,26)/t15-,17+/m0/s1. The highest BCUT2D eigenvalue weighted by molar-refractivity contribution is 5.88. The first-order valence-electron chi connectivity index (χ1n) is 9.93. The highest BCUT2D eigenvalue weighted by Gasteiger charge is 2.37. The summed E-state index contributed by atoms with van der Waals surface area (Å²) in [6.07, 6.45) is 2.71. The molecule has 0 bridgehead atoms. The minimum absolute atomic E-state index is 0.0148. The predicted molar refractivity (Wildman–Crippen MR) is 113 cm³/mol. The molecule has 2 atom stereocenters. The van der Waals surface area contributed by atoms with Crippen LogP contribution >= 0.6 is 0 Å². The molecule has 3 aromatic heterocycles. The molecule has 4 rings (SSSR count). The van der Waals surface area contributed by atoms with Gasteiger partial charge < -0.3 is 19.5 Å². The largest absolute Gasteiger partial charge is 0.469 e. The lowest BCUT2D eigenvalue weighted by Crippen LogP contribution is -2.30. The molecular formula is C21H25FN6O2. The topological polar surface area (TPSA) is 88.1 Å². The fraction of sp³-hybridized carbons (Fsp3) is 0.381. The van der Waals surface area contributed by atoms with Crippen LogP contribution in [0.3, 0.4) is 0 Å². The van der Waals surface area contributed by atoms with Gasteiger partial charge in [0.05, 0.1) is 30.2 Å². The van der Waals surface area contributed by atoms with Crippen molar-refractivity contribution in [3.63, 3.8) is 0 Å². The summed E-state index contributed by atoms with van der Waals surface area (Å²) in [6, 6.07) is 5.64. The lowest BCUT2D eigenvalue weighted by Gasteiger charge is -2.17. The van der Waals surface area contributed by atoms with Gasteiger partial charge in [0, 0.05) is 24.9 Å². The number of pyridine rings is 1. The molecule has 158 valence electrons. The van der Waals surface area contributed by atoms with Crippen molar-refractivity contribution in [1.82, 2.24) is 24.6 Å². The van der Waals surface area contributed by atoms with Gasteiger partial charge in [-0.25, -0.2) is 4.39 Å². The number of nitrogens with one attached hydrogen (secondary N) is 2. The van der Waals surface area contributed by atoms with Gasteiger partial charge in [-0.3, -0.25) is 9.89 Å². The number of likely N-dealkylation sites (tertiary alicyclic amines) is 1. The summed E-state index contributed by atoms with van der Waals surface area (Å²) in [5, 5.41) is 10.7. The summed E-state index contributed by atoms with van der Waals surface area (Å²) >= 11 is 0. The molecule has 1 aliphatic rings. The quantitative estimate of drug-likeness (QED) is 0.582. The zero-order chi connectivity index (χ0) is 21.3. The molecule has 30 heavy (non-hydrogen) atoms. The number of ether oxygens (including phenoxy) is 1. The third-order valence-electron chi connectivity index (χ3n) is 5.01. The average molecular weight is 412 g/mol. The van der Waals surface area contributed by atoms with Crippen molar-refractivity contribution in [1.29, 1.82) is 0 Å². The Hall–Kier alpha value is -3.36. The number of halogens is 1. The van der Waals surface area contributed by atoms with E-state index in [4.69, 9.17) is 4.74 Å². The van der Waals surface area contributed by atoms with Crippen LogP contribution in [0.5, 0.6) is 5.88 Å². The molecule has 1 aliphatic heterocycles. The third-order valence-corrected chi connectivity index (χ3v) is 5.01. The second kappa shape index (κ2) is 8.17. The monoisotopic (exact) mass is 412 g/mol. The summed E-state index contributed by atoms with van der Waals surface area (Å²) in [5.74, 6) is 1.71. The van der Waals surface area contributed by atoms with Crippen molar-refractivity contribution in [3.8, 4) is 5.88 Å². The Morgan fingerprint density at radius 1 is 1.47 bits per heavy atom. The second-order valence-electron chi connectivity index (χ2n) is 7.82. The van der Waals surface area contributed by atoms with Crippen LogP contribution in [-0.4, -0.2) is 55.9 Å². The number of fused-ring (bicyclic) bond motifs is 1. The first-order valence-corrected chi connectivity index (χ1v) is 9.93. The highest BCUT2D eigenvalue weighted by Crippen LogP contribution is 2.31. The number of hydrogen-bond donors (Lipinski definition) is 2. The van der Waals surface area contributed by atoms with Crippen LogP contribution in [0.25, 0.3) is 10.9 Å². The maximum atomic E-state index is 14.6. The molecule has 8 nitrogen and oxygen atoms in total. The molecule has 0 saturated carbocycles. The smallest absolute Gasteiger partial charge is 0.246 e. The van der Waals surface area contributed by atoms with Gasteiger partial charge in [0.15, 0.2) is 12.3 Å². The molecule has 1 amide bonds. The van der Waals surface area contributed by atoms with E-state index >= 15 is 0 Å². The molecule has 0 aliphatic carbocycles. The Bertz CT molecular complexity index is 1050. The minimum Gasteiger partial charge on any atom is -0.469 e. The zero-order valence-corrected chi connectivity index (χ0v) is 17.0. The van der Waals surface area contributed by atoms with Gasteiger partial charge >= 0.3 is 0 Å². The van der Waals surface area contributed by atoms with Gasteiger partial charge in [0.1, 0.15) is 11.6 Å². The molecule has 1 saturated heterocycles. The lowest BCUT2D eigenvalue weighted by molar-refractivity contribution is -0.125. The van der Waals surface area contributed by atoms with E-state index in [9.17, 15) is 9.18 Å². The van der Waals surface area contributed by atoms with E-state index in [-0.39, 0.29) is 19.0 Å². The van der Waals surface area contributed by atoms with Crippen LogP contribution < -0.4 is 10.1 Å². The molecule has 2 N–H and O–H groups in total. The van der Waals surface area contributed by atoms with Crippen molar-refractivity contribution in [2.45, 2.75) is 32.7 Å². The Morgan fingerprint density at radius 2 is 2.30 bits per heavy atom. The normalized spacial score (nSPS) is 18.9. The molecule has 1 fully saturated rings. The summed E-state index contributed by atoms with van der Waals surface area (Å²) < 4.78 is 22.7. The molecule has 0 unspecified atom stereocenters. The molecular weight excluding hydrogens is 387 g/mol. The number of hydrogen-bond acceptors (Lipinski definition) is 5. The summed E-state index contributed by atoms with van der Waals surface area (Å²) in [7, 11) is 0. The van der Waals surface area contributed by atoms with Gasteiger partial charge in [0.25, 0.3) is 0 Å². The van der Waals surface area contributed by atoms with Crippen molar-refractivity contribution in [3.05, 3.63) is 43.2 Å². The Balaban J connectivity index is 1.67. The Kier molecular flexibility index (Phi) is 5.43. The van der Waals surface area contributed by atoms with E-state index in [1.54, 1.807) is 12.3 Å². The first kappa shape index (κ1) is 19.9. The zero-order valence-electron chi connectivity index (χ0n) is 17.0. The van der Waals surface area contributed by atoms with Crippen molar-refractivity contribution < 1.29 is 13.9 Å². The van der Waals surface area contributed by atoms with Crippen LogP contribution in [0.2, 0.25) is 0 Å². The molecule has 0 spiro atoms. The van der Waals surface area contributed by atoms with Gasteiger partial charge in [-0.15, -0.1) is 0 Å². The molecule has 0 radical (unpaired) electrons. The van der Waals surface area contributed by atoms with Crippen LogP contribution in [0.15, 0.2) is 43.2 Å². The summed E-state index contributed by atoms with van der Waals surface area (Å²) in [5.41, 5.74) is 0.933. The van der Waals surface area contributed by atoms with Gasteiger partial charge in [-0.05, 0) is 18.1 Å². The number of nitrogens with zero attached hydrogens (tertiary/aromatic N) is 4. The third kappa shape index (κ3) is 4.00. The van der Waals surface area contributed by atoms with Gasteiger partial charge in [-0.1, -0.05) is 20.4 Å². The van der Waals surface area contributed by atoms with Crippen molar-refractivity contribution in [2.75, 3.05) is 18.4 Å². The number of aromatic amines is 1. The van der Waals surface area contributed by atoms with Crippen LogP contribution in [-0.2, 0) is 11.3 Å². The molecule has 3 aromatic rings. The first-order chi connectivity index (χ1) is 14.4. The summed E-state index contributed by atoms with van der Waals surface area (Å²) in [4.78, 5) is 17.8. The number of amides is 1. The van der Waals surface area contributed by atoms with Gasteiger partial charge in [0.2, 0.25) is 11.8 Å². The number of H-pyrrole nitrogens is 1. The molecule has 9 heteroatoms. The second-order valence-corrected chi connectivity index (χ2v) is 7.82. The number of carbonyl (C=O) groups excluding carboxylic acids is 1. The van der Waals surface area contributed by atoms with Crippen LogP contribution in [0, 0.1) is 5.92 Å². The number of anilines is 2. The predicted octanol–water partition coefficient (Wildman–Crippen LogP) is 3.27. The van der Waals surface area contributed by atoms with Gasteiger partial charge in [-0.2, -0.15) is 10.1 Å². The van der Waals surface area contributed by atoms with E-state index in [2.05, 4.69) is 45.5 Å². The van der Waals surface area contributed by atoms with Crippen molar-refractivity contribution >= 4 is 28.4 Å².